The van der Waals surface area contributed by atoms with E-state index in [1.54, 1.807) is 40.9 Å². The van der Waals surface area contributed by atoms with E-state index in [1.165, 1.54) is 30.3 Å². The van der Waals surface area contributed by atoms with Crippen LogP contribution in [0.5, 0.6) is 11.5 Å². The number of nitrogens with one attached hydrogen (secondary N) is 1. The molecule has 1 atom stereocenters. The fourth-order valence-electron chi connectivity index (χ4n) is 5.27. The summed E-state index contributed by atoms with van der Waals surface area (Å²) in [6, 6.07) is 13.5. The SMILES string of the molecule is Cc1c(C(=O)NCC(F)(F)F)ccc2nn(CC3CCCCN3C(=O)c3ccc(Oc4cccc(C(F)(F)F)c4)cc3)cc12. The number of fused-ring (bicyclic) bond motifs is 1. The van der Waals surface area contributed by atoms with Gasteiger partial charge in [-0.15, -0.1) is 0 Å². The first kappa shape index (κ1) is 30.9. The van der Waals surface area contributed by atoms with E-state index in [-0.39, 0.29) is 29.0 Å². The van der Waals surface area contributed by atoms with Gasteiger partial charge in [0.15, 0.2) is 0 Å². The van der Waals surface area contributed by atoms with Crippen molar-refractivity contribution in [2.75, 3.05) is 13.1 Å². The van der Waals surface area contributed by atoms with Crippen LogP contribution < -0.4 is 10.1 Å². The van der Waals surface area contributed by atoms with Crippen LogP contribution in [0, 0.1) is 6.92 Å². The molecule has 2 amide bonds. The number of hydrogen-bond acceptors (Lipinski definition) is 4. The number of alkyl halides is 6. The Labute approximate surface area is 248 Å². The monoisotopic (exact) mass is 618 g/mol. The van der Waals surface area contributed by atoms with E-state index in [2.05, 4.69) is 5.10 Å². The first-order chi connectivity index (χ1) is 20.8. The summed E-state index contributed by atoms with van der Waals surface area (Å²) in [6.07, 6.45) is -4.85. The topological polar surface area (TPSA) is 76.5 Å². The predicted octanol–water partition coefficient (Wildman–Crippen LogP) is 7.14. The number of halogens is 6. The second kappa shape index (κ2) is 12.2. The van der Waals surface area contributed by atoms with E-state index in [4.69, 9.17) is 4.74 Å². The minimum atomic E-state index is -4.52. The second-order valence-corrected chi connectivity index (χ2v) is 10.6. The Morgan fingerprint density at radius 1 is 0.977 bits per heavy atom. The van der Waals surface area contributed by atoms with Crippen LogP contribution in [0.4, 0.5) is 26.3 Å². The molecule has 1 aliphatic rings. The molecule has 0 bridgehead atoms. The number of likely N-dealkylation sites (tertiary alicyclic amines) is 1. The molecule has 1 unspecified atom stereocenters. The van der Waals surface area contributed by atoms with Crippen LogP contribution in [0.1, 0.15) is 51.1 Å². The molecule has 0 saturated carbocycles. The molecule has 1 saturated heterocycles. The summed E-state index contributed by atoms with van der Waals surface area (Å²) in [7, 11) is 0. The Balaban J connectivity index is 1.28. The quantitative estimate of drug-likeness (QED) is 0.224. The molecule has 5 rings (SSSR count). The molecule has 1 aliphatic heterocycles. The van der Waals surface area contributed by atoms with Gasteiger partial charge in [0.1, 0.15) is 18.0 Å². The molecule has 1 N–H and O–H groups in total. The van der Waals surface area contributed by atoms with Gasteiger partial charge in [0.25, 0.3) is 11.8 Å². The molecule has 4 aromatic rings. The van der Waals surface area contributed by atoms with Gasteiger partial charge in [-0.3, -0.25) is 14.3 Å². The number of aromatic nitrogens is 2. The zero-order chi connectivity index (χ0) is 31.6. The van der Waals surface area contributed by atoms with E-state index < -0.39 is 30.4 Å². The van der Waals surface area contributed by atoms with Gasteiger partial charge in [-0.25, -0.2) is 0 Å². The van der Waals surface area contributed by atoms with Gasteiger partial charge in [0.2, 0.25) is 0 Å². The van der Waals surface area contributed by atoms with Crippen molar-refractivity contribution in [2.45, 2.75) is 51.1 Å². The van der Waals surface area contributed by atoms with Gasteiger partial charge in [-0.05, 0) is 86.3 Å². The zero-order valence-electron chi connectivity index (χ0n) is 23.5. The van der Waals surface area contributed by atoms with Crippen molar-refractivity contribution in [1.82, 2.24) is 20.0 Å². The number of benzene rings is 3. The maximum absolute atomic E-state index is 13.5. The molecular weight excluding hydrogens is 590 g/mol. The minimum absolute atomic E-state index is 0.0194. The maximum Gasteiger partial charge on any atom is 0.416 e. The molecule has 0 radical (unpaired) electrons. The van der Waals surface area contributed by atoms with Crippen molar-refractivity contribution in [3.8, 4) is 11.5 Å². The third-order valence-corrected chi connectivity index (χ3v) is 7.48. The number of rotatable bonds is 7. The van der Waals surface area contributed by atoms with Gasteiger partial charge in [0, 0.05) is 29.3 Å². The fraction of sp³-hybridized carbons (Fsp3) is 0.323. The highest BCUT2D eigenvalue weighted by Crippen LogP contribution is 2.33. The number of ether oxygens (including phenoxy) is 1. The number of piperidine rings is 1. The lowest BCUT2D eigenvalue weighted by molar-refractivity contribution is -0.137. The molecule has 7 nitrogen and oxygen atoms in total. The summed E-state index contributed by atoms with van der Waals surface area (Å²) in [5.74, 6) is -0.742. The predicted molar refractivity (Wildman–Crippen MR) is 149 cm³/mol. The van der Waals surface area contributed by atoms with Gasteiger partial charge in [-0.2, -0.15) is 31.4 Å². The number of nitrogens with zero attached hydrogens (tertiary/aromatic N) is 3. The third kappa shape index (κ3) is 7.14. The molecule has 0 aliphatic carbocycles. The van der Waals surface area contributed by atoms with Gasteiger partial charge in [-0.1, -0.05) is 6.07 Å². The number of carbonyl (C=O) groups excluding carboxylic acids is 2. The van der Waals surface area contributed by atoms with Crippen molar-refractivity contribution >= 4 is 22.7 Å². The lowest BCUT2D eigenvalue weighted by Gasteiger charge is -2.35. The van der Waals surface area contributed by atoms with E-state index in [1.807, 2.05) is 5.32 Å². The van der Waals surface area contributed by atoms with Crippen molar-refractivity contribution in [3.63, 3.8) is 0 Å². The van der Waals surface area contributed by atoms with Crippen molar-refractivity contribution in [2.24, 2.45) is 0 Å². The lowest BCUT2D eigenvalue weighted by Crippen LogP contribution is -2.45. The summed E-state index contributed by atoms with van der Waals surface area (Å²) in [4.78, 5) is 27.6. The summed E-state index contributed by atoms with van der Waals surface area (Å²) in [6.45, 7) is 1.11. The molecule has 44 heavy (non-hydrogen) atoms. The summed E-state index contributed by atoms with van der Waals surface area (Å²) < 4.78 is 84.0. The Morgan fingerprint density at radius 3 is 2.43 bits per heavy atom. The summed E-state index contributed by atoms with van der Waals surface area (Å²) in [5.41, 5.74) is 0.753. The van der Waals surface area contributed by atoms with Crippen LogP contribution in [-0.4, -0.2) is 51.8 Å². The standard InChI is InChI=1S/C31H28F6N4O3/c1-19-25(28(42)38-18-30(32,33)34)12-13-27-26(19)17-40(39-27)16-22-6-2-3-14-41(22)29(43)20-8-10-23(11-9-20)44-24-7-4-5-21(15-24)31(35,36)37/h4-5,7-13,15,17,22H,2-3,6,14,16,18H2,1H3,(H,38,42). The molecular formula is C31H28F6N4O3. The largest absolute Gasteiger partial charge is 0.457 e. The molecule has 3 aromatic carbocycles. The first-order valence-corrected chi connectivity index (χ1v) is 13.9. The number of carbonyl (C=O) groups is 2. The Hall–Kier alpha value is -4.55. The average molecular weight is 619 g/mol. The summed E-state index contributed by atoms with van der Waals surface area (Å²) in [5, 5.41) is 7.08. The molecule has 1 fully saturated rings. The smallest absolute Gasteiger partial charge is 0.416 e. The Kier molecular flexibility index (Phi) is 8.57. The van der Waals surface area contributed by atoms with Crippen molar-refractivity contribution in [1.29, 1.82) is 0 Å². The number of hydrogen-bond donors (Lipinski definition) is 1. The molecule has 232 valence electrons. The van der Waals surface area contributed by atoms with Crippen LogP contribution in [0.25, 0.3) is 10.9 Å². The van der Waals surface area contributed by atoms with Crippen LogP contribution in [0.2, 0.25) is 0 Å². The second-order valence-electron chi connectivity index (χ2n) is 10.6. The highest BCUT2D eigenvalue weighted by Gasteiger charge is 2.31. The molecule has 2 heterocycles. The minimum Gasteiger partial charge on any atom is -0.457 e. The van der Waals surface area contributed by atoms with E-state index >= 15 is 0 Å². The van der Waals surface area contributed by atoms with Gasteiger partial charge >= 0.3 is 12.4 Å². The van der Waals surface area contributed by atoms with Crippen molar-refractivity contribution < 1.29 is 40.7 Å². The average Bonchev–Trinajstić information content (AvgIpc) is 3.39. The Morgan fingerprint density at radius 2 is 1.73 bits per heavy atom. The van der Waals surface area contributed by atoms with Gasteiger partial charge in [0.05, 0.1) is 23.7 Å². The molecule has 13 heteroatoms. The van der Waals surface area contributed by atoms with Crippen molar-refractivity contribution in [3.05, 3.63) is 89.1 Å². The highest BCUT2D eigenvalue weighted by molar-refractivity contribution is 6.00. The van der Waals surface area contributed by atoms with E-state index in [0.29, 0.717) is 35.1 Å². The number of aryl methyl sites for hydroxylation is 1. The third-order valence-electron chi connectivity index (χ3n) is 7.48. The van der Waals surface area contributed by atoms with E-state index in [9.17, 15) is 35.9 Å². The normalized spacial score (nSPS) is 15.8. The fourth-order valence-corrected chi connectivity index (χ4v) is 5.27. The van der Waals surface area contributed by atoms with Crippen LogP contribution in [0.15, 0.2) is 66.9 Å². The van der Waals surface area contributed by atoms with E-state index in [0.717, 1.165) is 31.4 Å². The summed E-state index contributed by atoms with van der Waals surface area (Å²) >= 11 is 0. The molecule has 1 aromatic heterocycles. The van der Waals surface area contributed by atoms with Gasteiger partial charge < -0.3 is 15.0 Å². The van der Waals surface area contributed by atoms with Crippen LogP contribution >= 0.6 is 0 Å². The zero-order valence-corrected chi connectivity index (χ0v) is 23.5. The lowest BCUT2D eigenvalue weighted by atomic mass is 10.0. The Bertz CT molecular complexity index is 1660. The highest BCUT2D eigenvalue weighted by atomic mass is 19.4. The number of amides is 2. The molecule has 0 spiro atoms. The first-order valence-electron chi connectivity index (χ1n) is 13.9. The van der Waals surface area contributed by atoms with Crippen LogP contribution in [0.3, 0.4) is 0 Å². The maximum atomic E-state index is 13.5. The van der Waals surface area contributed by atoms with Crippen LogP contribution in [-0.2, 0) is 12.7 Å².